The number of rotatable bonds is 5. The third kappa shape index (κ3) is 4.00. The molecule has 116 valence electrons. The molecule has 23 heavy (non-hydrogen) atoms. The fourth-order valence-corrected chi connectivity index (χ4v) is 2.13. The molecule has 0 bridgehead atoms. The Bertz CT molecular complexity index is 769. The van der Waals surface area contributed by atoms with Crippen LogP contribution in [0.25, 0.3) is 11.5 Å². The zero-order valence-electron chi connectivity index (χ0n) is 12.2. The lowest BCUT2D eigenvalue weighted by Gasteiger charge is -2.06. The highest BCUT2D eigenvalue weighted by atomic mass is 19.1. The van der Waals surface area contributed by atoms with E-state index in [2.05, 4.69) is 15.5 Å². The highest BCUT2D eigenvalue weighted by Gasteiger charge is 2.06. The fourth-order valence-electron chi connectivity index (χ4n) is 2.13. The molecule has 3 aromatic rings. The number of aryl methyl sites for hydroxylation is 1. The van der Waals surface area contributed by atoms with E-state index in [0.29, 0.717) is 24.4 Å². The van der Waals surface area contributed by atoms with Crippen molar-refractivity contribution in [3.8, 4) is 11.5 Å². The van der Waals surface area contributed by atoms with Gasteiger partial charge in [-0.3, -0.25) is 4.79 Å². The number of carbonyl (C=O) groups is 1. The maximum atomic E-state index is 12.8. The smallest absolute Gasteiger partial charge is 0.247 e. The summed E-state index contributed by atoms with van der Waals surface area (Å²) in [6.45, 7) is 0. The second-order valence-corrected chi connectivity index (χ2v) is 5.00. The zero-order valence-corrected chi connectivity index (χ0v) is 12.2. The average Bonchev–Trinajstić information content (AvgIpc) is 3.09. The molecule has 0 radical (unpaired) electrons. The molecule has 1 heterocycles. The molecule has 5 nitrogen and oxygen atoms in total. The Labute approximate surface area is 132 Å². The van der Waals surface area contributed by atoms with E-state index >= 15 is 0 Å². The van der Waals surface area contributed by atoms with E-state index in [9.17, 15) is 9.18 Å². The van der Waals surface area contributed by atoms with Gasteiger partial charge in [0.05, 0.1) is 0 Å². The SMILES string of the molecule is O=C(CCc1ccc(F)cc1)Nc1ccc(-c2nnco2)cc1. The molecule has 0 fully saturated rings. The van der Waals surface area contributed by atoms with E-state index in [0.717, 1.165) is 11.1 Å². The summed E-state index contributed by atoms with van der Waals surface area (Å²) >= 11 is 0. The van der Waals surface area contributed by atoms with Crippen molar-refractivity contribution in [1.29, 1.82) is 0 Å². The van der Waals surface area contributed by atoms with Crippen LogP contribution in [0.1, 0.15) is 12.0 Å². The lowest BCUT2D eigenvalue weighted by molar-refractivity contribution is -0.116. The Morgan fingerprint density at radius 1 is 1.09 bits per heavy atom. The molecule has 0 atom stereocenters. The number of nitrogens with one attached hydrogen (secondary N) is 1. The first-order valence-electron chi connectivity index (χ1n) is 7.11. The van der Waals surface area contributed by atoms with E-state index in [1.54, 1.807) is 36.4 Å². The monoisotopic (exact) mass is 311 g/mol. The molecule has 0 saturated carbocycles. The first-order chi connectivity index (χ1) is 11.2. The van der Waals surface area contributed by atoms with Gasteiger partial charge in [0.2, 0.25) is 18.2 Å². The normalized spacial score (nSPS) is 10.5. The molecule has 0 spiro atoms. The molecule has 1 aromatic heterocycles. The number of halogens is 1. The molecule has 0 aliphatic heterocycles. The maximum absolute atomic E-state index is 12.8. The van der Waals surface area contributed by atoms with Crippen molar-refractivity contribution < 1.29 is 13.6 Å². The Kier molecular flexibility index (Phi) is 4.42. The highest BCUT2D eigenvalue weighted by Crippen LogP contribution is 2.19. The lowest BCUT2D eigenvalue weighted by atomic mass is 10.1. The summed E-state index contributed by atoms with van der Waals surface area (Å²) < 4.78 is 17.9. The van der Waals surface area contributed by atoms with E-state index in [1.165, 1.54) is 18.5 Å². The van der Waals surface area contributed by atoms with Crippen molar-refractivity contribution in [2.24, 2.45) is 0 Å². The maximum Gasteiger partial charge on any atom is 0.247 e. The van der Waals surface area contributed by atoms with Crippen molar-refractivity contribution >= 4 is 11.6 Å². The van der Waals surface area contributed by atoms with Gasteiger partial charge >= 0.3 is 0 Å². The summed E-state index contributed by atoms with van der Waals surface area (Å²) in [5.41, 5.74) is 2.40. The summed E-state index contributed by atoms with van der Waals surface area (Å²) in [5, 5.41) is 10.3. The summed E-state index contributed by atoms with van der Waals surface area (Å²) in [5.74, 6) is 0.0542. The minimum Gasteiger partial charge on any atom is -0.423 e. The van der Waals surface area contributed by atoms with Gasteiger partial charge in [0.25, 0.3) is 0 Å². The van der Waals surface area contributed by atoms with Gasteiger partial charge in [-0.1, -0.05) is 12.1 Å². The molecule has 2 aromatic carbocycles. The van der Waals surface area contributed by atoms with E-state index in [-0.39, 0.29) is 11.7 Å². The van der Waals surface area contributed by atoms with E-state index < -0.39 is 0 Å². The first-order valence-corrected chi connectivity index (χ1v) is 7.11. The molecule has 0 unspecified atom stereocenters. The molecule has 1 N–H and O–H groups in total. The molecular weight excluding hydrogens is 297 g/mol. The zero-order chi connectivity index (χ0) is 16.1. The number of hydrogen-bond donors (Lipinski definition) is 1. The van der Waals surface area contributed by atoms with Gasteiger partial charge in [0.15, 0.2) is 0 Å². The number of amides is 1. The quantitative estimate of drug-likeness (QED) is 0.783. The van der Waals surface area contributed by atoms with Crippen molar-refractivity contribution in [2.45, 2.75) is 12.8 Å². The van der Waals surface area contributed by atoms with Gasteiger partial charge < -0.3 is 9.73 Å². The predicted octanol–water partition coefficient (Wildman–Crippen LogP) is 3.45. The first kappa shape index (κ1) is 14.9. The van der Waals surface area contributed by atoms with Gasteiger partial charge in [-0.2, -0.15) is 0 Å². The van der Waals surface area contributed by atoms with Gasteiger partial charge in [0.1, 0.15) is 5.82 Å². The Morgan fingerprint density at radius 3 is 2.48 bits per heavy atom. The number of nitrogens with zero attached hydrogens (tertiary/aromatic N) is 2. The topological polar surface area (TPSA) is 68.0 Å². The molecule has 6 heteroatoms. The van der Waals surface area contributed by atoms with Crippen LogP contribution in [-0.4, -0.2) is 16.1 Å². The van der Waals surface area contributed by atoms with Crippen LogP contribution in [0.4, 0.5) is 10.1 Å². The van der Waals surface area contributed by atoms with Gasteiger partial charge in [-0.05, 0) is 48.4 Å². The van der Waals surface area contributed by atoms with Crippen molar-refractivity contribution in [2.75, 3.05) is 5.32 Å². The standard InChI is InChI=1S/C17H14FN3O2/c18-14-6-1-12(2-7-14)3-10-16(22)20-15-8-4-13(5-9-15)17-21-19-11-23-17/h1-2,4-9,11H,3,10H2,(H,20,22). The fraction of sp³-hybridized carbons (Fsp3) is 0.118. The molecule has 3 rings (SSSR count). The largest absolute Gasteiger partial charge is 0.423 e. The van der Waals surface area contributed by atoms with Gasteiger partial charge in [0, 0.05) is 17.7 Å². The second kappa shape index (κ2) is 6.83. The summed E-state index contributed by atoms with van der Waals surface area (Å²) in [6.07, 6.45) is 2.16. The number of anilines is 1. The van der Waals surface area contributed by atoms with E-state index in [4.69, 9.17) is 4.42 Å². The predicted molar refractivity (Wildman–Crippen MR) is 83.1 cm³/mol. The van der Waals surface area contributed by atoms with Crippen LogP contribution in [0.2, 0.25) is 0 Å². The highest BCUT2D eigenvalue weighted by molar-refractivity contribution is 5.91. The number of aromatic nitrogens is 2. The van der Waals surface area contributed by atoms with Crippen LogP contribution in [0.5, 0.6) is 0 Å². The van der Waals surface area contributed by atoms with Gasteiger partial charge in [-0.15, -0.1) is 10.2 Å². The van der Waals surface area contributed by atoms with Crippen molar-refractivity contribution in [1.82, 2.24) is 10.2 Å². The third-order valence-corrected chi connectivity index (χ3v) is 3.33. The van der Waals surface area contributed by atoms with Crippen LogP contribution in [-0.2, 0) is 11.2 Å². The Balaban J connectivity index is 1.54. The van der Waals surface area contributed by atoms with E-state index in [1.807, 2.05) is 0 Å². The van der Waals surface area contributed by atoms with Crippen molar-refractivity contribution in [3.63, 3.8) is 0 Å². The summed E-state index contributed by atoms with van der Waals surface area (Å²) in [6, 6.07) is 13.3. The number of carbonyl (C=O) groups excluding carboxylic acids is 1. The molecule has 0 saturated heterocycles. The van der Waals surface area contributed by atoms with Crippen LogP contribution in [0.15, 0.2) is 59.3 Å². The number of benzene rings is 2. The minimum atomic E-state index is -0.278. The second-order valence-electron chi connectivity index (χ2n) is 5.00. The molecular formula is C17H14FN3O2. The minimum absolute atomic E-state index is 0.0973. The van der Waals surface area contributed by atoms with Crippen molar-refractivity contribution in [3.05, 3.63) is 66.3 Å². The Hall–Kier alpha value is -3.02. The molecule has 0 aliphatic carbocycles. The molecule has 0 aliphatic rings. The van der Waals surface area contributed by atoms with Crippen LogP contribution in [0.3, 0.4) is 0 Å². The molecule has 1 amide bonds. The number of hydrogen-bond acceptors (Lipinski definition) is 4. The van der Waals surface area contributed by atoms with Crippen LogP contribution < -0.4 is 5.32 Å². The van der Waals surface area contributed by atoms with Crippen LogP contribution >= 0.6 is 0 Å². The third-order valence-electron chi connectivity index (χ3n) is 3.33. The lowest BCUT2D eigenvalue weighted by Crippen LogP contribution is -2.12. The van der Waals surface area contributed by atoms with Gasteiger partial charge in [-0.25, -0.2) is 4.39 Å². The van der Waals surface area contributed by atoms with Crippen LogP contribution in [0, 0.1) is 5.82 Å². The average molecular weight is 311 g/mol. The Morgan fingerprint density at radius 2 is 1.83 bits per heavy atom. The summed E-state index contributed by atoms with van der Waals surface area (Å²) in [7, 11) is 0. The summed E-state index contributed by atoms with van der Waals surface area (Å²) in [4.78, 5) is 11.9.